The zero-order valence-corrected chi connectivity index (χ0v) is 14.0. The van der Waals surface area contributed by atoms with Gasteiger partial charge in [-0.15, -0.1) is 5.69 Å². The summed E-state index contributed by atoms with van der Waals surface area (Å²) in [6.07, 6.45) is 3.11. The Labute approximate surface area is 153 Å². The van der Waals surface area contributed by atoms with E-state index in [0.29, 0.717) is 0 Å². The Morgan fingerprint density at radius 2 is 1.71 bits per heavy atom. The maximum absolute atomic E-state index is 4.71. The van der Waals surface area contributed by atoms with Crippen LogP contribution in [0, 0.1) is 0 Å². The van der Waals surface area contributed by atoms with Gasteiger partial charge in [-0.2, -0.15) is 0 Å². The molecule has 0 aromatic heterocycles. The SMILES string of the molecule is CCCCC(=C1N=c2ccccc2=N1)N1N[N-]c2ccccc21.[Li+]. The van der Waals surface area contributed by atoms with E-state index in [2.05, 4.69) is 24.0 Å². The monoisotopic (exact) mass is 311 g/mol. The van der Waals surface area contributed by atoms with Crippen LogP contribution < -0.4 is 40.1 Å². The summed E-state index contributed by atoms with van der Waals surface area (Å²) in [6, 6.07) is 16.1. The molecule has 0 aliphatic carbocycles. The van der Waals surface area contributed by atoms with Gasteiger partial charge < -0.3 is 11.0 Å². The van der Waals surface area contributed by atoms with Gasteiger partial charge in [0.25, 0.3) is 0 Å². The number of hydrogen-bond acceptors (Lipinski definition) is 4. The van der Waals surface area contributed by atoms with Crippen molar-refractivity contribution in [2.75, 3.05) is 5.01 Å². The third-order valence-corrected chi connectivity index (χ3v) is 4.02. The second-order valence-electron chi connectivity index (χ2n) is 5.62. The van der Waals surface area contributed by atoms with Crippen molar-refractivity contribution < 1.29 is 18.9 Å². The molecule has 116 valence electrons. The number of hydrazine groups is 1. The molecule has 1 N–H and O–H groups in total. The van der Waals surface area contributed by atoms with Crippen LogP contribution in [0.5, 0.6) is 0 Å². The predicted octanol–water partition coefficient (Wildman–Crippen LogP) is 0.248. The van der Waals surface area contributed by atoms with E-state index in [1.807, 2.05) is 47.5 Å². The fourth-order valence-electron chi connectivity index (χ4n) is 2.81. The molecule has 2 aliphatic heterocycles. The first-order valence-corrected chi connectivity index (χ1v) is 7.98. The van der Waals surface area contributed by atoms with E-state index in [4.69, 9.17) is 9.98 Å². The van der Waals surface area contributed by atoms with Crippen molar-refractivity contribution in [3.63, 3.8) is 0 Å². The van der Waals surface area contributed by atoms with Crippen LogP contribution in [0.25, 0.3) is 5.43 Å². The van der Waals surface area contributed by atoms with Crippen molar-refractivity contribution in [2.24, 2.45) is 9.98 Å². The first kappa shape index (κ1) is 16.8. The molecule has 0 saturated heterocycles. The van der Waals surface area contributed by atoms with Gasteiger partial charge in [-0.05, 0) is 31.0 Å². The van der Waals surface area contributed by atoms with Crippen molar-refractivity contribution in [3.05, 3.63) is 76.2 Å². The number of allylic oxidation sites excluding steroid dienone is 1. The van der Waals surface area contributed by atoms with E-state index in [1.54, 1.807) is 0 Å². The number of anilines is 1. The number of para-hydroxylation sites is 4. The summed E-state index contributed by atoms with van der Waals surface area (Å²) in [4.78, 5) is 9.42. The molecular formula is C18H18LiN5. The molecule has 2 aromatic carbocycles. The molecule has 0 spiro atoms. The summed E-state index contributed by atoms with van der Waals surface area (Å²) in [5.74, 6) is 0.777. The molecule has 6 heteroatoms. The fraction of sp³-hybridized carbons (Fsp3) is 0.222. The van der Waals surface area contributed by atoms with Crippen molar-refractivity contribution >= 4 is 11.4 Å². The van der Waals surface area contributed by atoms with Crippen LogP contribution in [-0.2, 0) is 0 Å². The molecule has 2 aromatic rings. The molecule has 0 fully saturated rings. The molecular weight excluding hydrogens is 293 g/mol. The van der Waals surface area contributed by atoms with E-state index < -0.39 is 0 Å². The number of benzene rings is 2. The van der Waals surface area contributed by atoms with E-state index in [1.165, 1.54) is 0 Å². The van der Waals surface area contributed by atoms with E-state index in [0.717, 1.165) is 52.9 Å². The van der Waals surface area contributed by atoms with E-state index >= 15 is 0 Å². The van der Waals surface area contributed by atoms with E-state index in [-0.39, 0.29) is 18.9 Å². The minimum absolute atomic E-state index is 0. The molecule has 5 nitrogen and oxygen atoms in total. The maximum atomic E-state index is 4.71. The number of unbranched alkanes of at least 4 members (excludes halogenated alkanes) is 1. The van der Waals surface area contributed by atoms with Crippen LogP contribution in [0.15, 0.2) is 70.0 Å². The molecule has 0 radical (unpaired) electrons. The Hall–Kier alpha value is -2.06. The third kappa shape index (κ3) is 2.99. The topological polar surface area (TPSA) is 54.1 Å². The molecule has 4 rings (SSSR count). The van der Waals surface area contributed by atoms with Gasteiger partial charge in [-0.3, -0.25) is 5.01 Å². The zero-order chi connectivity index (χ0) is 15.6. The van der Waals surface area contributed by atoms with Gasteiger partial charge in [-0.25, -0.2) is 9.98 Å². The predicted molar refractivity (Wildman–Crippen MR) is 90.4 cm³/mol. The summed E-state index contributed by atoms with van der Waals surface area (Å²) >= 11 is 0. The smallest absolute Gasteiger partial charge is 0.602 e. The Morgan fingerprint density at radius 1 is 1.04 bits per heavy atom. The summed E-state index contributed by atoms with van der Waals surface area (Å²) in [5, 5.41) is 3.88. The van der Waals surface area contributed by atoms with Crippen LogP contribution in [0.4, 0.5) is 11.4 Å². The number of nitrogens with zero attached hydrogens (tertiary/aromatic N) is 4. The van der Waals surface area contributed by atoms with Gasteiger partial charge in [-0.1, -0.05) is 43.7 Å². The van der Waals surface area contributed by atoms with Crippen LogP contribution in [0.1, 0.15) is 26.2 Å². The van der Waals surface area contributed by atoms with Gasteiger partial charge in [0, 0.05) is 5.69 Å². The number of hydrogen-bond donors (Lipinski definition) is 1. The number of nitrogens with one attached hydrogen (secondary N) is 1. The summed E-state index contributed by atoms with van der Waals surface area (Å²) in [5.41, 5.74) is 10.6. The maximum Gasteiger partial charge on any atom is 1.00 e. The van der Waals surface area contributed by atoms with Crippen molar-refractivity contribution in [1.29, 1.82) is 0 Å². The molecule has 0 amide bonds. The summed E-state index contributed by atoms with van der Waals surface area (Å²) < 4.78 is 0. The minimum atomic E-state index is 0. The standard InChI is InChI=1S/C18H18N5.Li/c1-2-3-11-17(18-19-13-8-4-5-9-14(13)20-18)23-16-12-7-6-10-15(16)21-22-23;/h4-10,12,22H,2-3,11H2,1H3;/q-1;+1. The molecule has 0 bridgehead atoms. The van der Waals surface area contributed by atoms with Crippen LogP contribution >= 0.6 is 0 Å². The van der Waals surface area contributed by atoms with Crippen molar-refractivity contribution in [1.82, 2.24) is 5.53 Å². The number of rotatable bonds is 4. The first-order valence-electron chi connectivity index (χ1n) is 7.98. The van der Waals surface area contributed by atoms with Gasteiger partial charge >= 0.3 is 18.9 Å². The average molecular weight is 311 g/mol. The van der Waals surface area contributed by atoms with Crippen LogP contribution in [-0.4, -0.2) is 0 Å². The second kappa shape index (κ2) is 7.23. The molecule has 2 aliphatic rings. The first-order chi connectivity index (χ1) is 11.4. The Morgan fingerprint density at radius 3 is 2.42 bits per heavy atom. The fourth-order valence-corrected chi connectivity index (χ4v) is 2.81. The summed E-state index contributed by atoms with van der Waals surface area (Å²) in [7, 11) is 0. The molecule has 0 saturated carbocycles. The van der Waals surface area contributed by atoms with E-state index in [9.17, 15) is 0 Å². The average Bonchev–Trinajstić information content (AvgIpc) is 3.20. The largest absolute Gasteiger partial charge is 1.00 e. The Balaban J connectivity index is 0.00000169. The van der Waals surface area contributed by atoms with Gasteiger partial charge in [0.15, 0.2) is 5.82 Å². The van der Waals surface area contributed by atoms with Crippen LogP contribution in [0.3, 0.4) is 0 Å². The quantitative estimate of drug-likeness (QED) is 0.823. The second-order valence-corrected chi connectivity index (χ2v) is 5.62. The third-order valence-electron chi connectivity index (χ3n) is 4.02. The summed E-state index contributed by atoms with van der Waals surface area (Å²) in [6.45, 7) is 2.19. The molecule has 0 unspecified atom stereocenters. The minimum Gasteiger partial charge on any atom is -0.602 e. The molecule has 24 heavy (non-hydrogen) atoms. The van der Waals surface area contributed by atoms with Crippen LogP contribution in [0.2, 0.25) is 0 Å². The Bertz CT molecular complexity index is 853. The zero-order valence-electron chi connectivity index (χ0n) is 14.0. The number of fused-ring (bicyclic) bond motifs is 2. The normalized spacial score (nSPS) is 14.0. The van der Waals surface area contributed by atoms with Crippen molar-refractivity contribution in [2.45, 2.75) is 26.2 Å². The Kier molecular flexibility index (Phi) is 5.05. The molecule has 2 heterocycles. The van der Waals surface area contributed by atoms with Crippen molar-refractivity contribution in [3.8, 4) is 0 Å². The molecule has 0 atom stereocenters. The van der Waals surface area contributed by atoms with Gasteiger partial charge in [0.2, 0.25) is 0 Å². The van der Waals surface area contributed by atoms with Gasteiger partial charge in [0.05, 0.1) is 16.4 Å². The van der Waals surface area contributed by atoms with Gasteiger partial charge in [0.1, 0.15) is 0 Å².